The molecule has 0 saturated carbocycles. The normalized spacial score (nSPS) is 23.7. The average Bonchev–Trinajstić information content (AvgIpc) is 2.70. The summed E-state index contributed by atoms with van der Waals surface area (Å²) in [6.45, 7) is 5.01. The fourth-order valence-electron chi connectivity index (χ4n) is 2.12. The van der Waals surface area contributed by atoms with Crippen molar-refractivity contribution in [2.45, 2.75) is 26.3 Å². The molecule has 1 aliphatic rings. The third-order valence-electron chi connectivity index (χ3n) is 3.30. The van der Waals surface area contributed by atoms with E-state index in [2.05, 4.69) is 33.5 Å². The first-order chi connectivity index (χ1) is 8.08. The number of rotatable bonds is 2. The van der Waals surface area contributed by atoms with Crippen LogP contribution < -0.4 is 10.6 Å². The summed E-state index contributed by atoms with van der Waals surface area (Å²) in [4.78, 5) is 12.1. The zero-order valence-electron chi connectivity index (χ0n) is 10.1. The highest BCUT2D eigenvalue weighted by atomic mass is 79.9. The number of hydrogen-bond acceptors (Lipinski definition) is 2. The number of carbonyl (C=O) groups excluding carboxylic acids is 1. The van der Waals surface area contributed by atoms with E-state index >= 15 is 0 Å². The molecule has 2 unspecified atom stereocenters. The van der Waals surface area contributed by atoms with Gasteiger partial charge in [-0.25, -0.2) is 0 Å². The van der Waals surface area contributed by atoms with Gasteiger partial charge in [0, 0.05) is 16.2 Å². The fourth-order valence-corrected chi connectivity index (χ4v) is 2.50. The van der Waals surface area contributed by atoms with Gasteiger partial charge >= 0.3 is 0 Å². The van der Waals surface area contributed by atoms with E-state index in [-0.39, 0.29) is 17.9 Å². The molecule has 1 heterocycles. The lowest BCUT2D eigenvalue weighted by Gasteiger charge is -2.15. The topological polar surface area (TPSA) is 41.1 Å². The summed E-state index contributed by atoms with van der Waals surface area (Å²) in [6, 6.07) is 6.14. The molecule has 0 aromatic heterocycles. The van der Waals surface area contributed by atoms with Crippen molar-refractivity contribution in [2.75, 3.05) is 11.9 Å². The molecule has 0 aliphatic carbocycles. The summed E-state index contributed by atoms with van der Waals surface area (Å²) in [5, 5.41) is 6.26. The van der Waals surface area contributed by atoms with Crippen LogP contribution >= 0.6 is 15.9 Å². The van der Waals surface area contributed by atoms with Crippen molar-refractivity contribution in [3.8, 4) is 0 Å². The predicted molar refractivity (Wildman–Crippen MR) is 73.1 cm³/mol. The van der Waals surface area contributed by atoms with Crippen molar-refractivity contribution in [3.05, 3.63) is 28.2 Å². The number of anilines is 1. The third kappa shape index (κ3) is 2.87. The lowest BCUT2D eigenvalue weighted by molar-refractivity contribution is -0.119. The highest BCUT2D eigenvalue weighted by Gasteiger charge is 2.29. The molecule has 1 saturated heterocycles. The molecule has 92 valence electrons. The van der Waals surface area contributed by atoms with Crippen molar-refractivity contribution >= 4 is 27.5 Å². The average molecular weight is 297 g/mol. The first-order valence-electron chi connectivity index (χ1n) is 5.88. The SMILES string of the molecule is Cc1ccc(NC(=O)C2CCNC2C)cc1Br. The van der Waals surface area contributed by atoms with E-state index in [0.29, 0.717) is 0 Å². The Morgan fingerprint density at radius 2 is 2.29 bits per heavy atom. The number of amides is 1. The zero-order chi connectivity index (χ0) is 12.4. The quantitative estimate of drug-likeness (QED) is 0.881. The Balaban J connectivity index is 2.05. The summed E-state index contributed by atoms with van der Waals surface area (Å²) >= 11 is 3.47. The Labute approximate surface area is 110 Å². The van der Waals surface area contributed by atoms with Gasteiger partial charge in [0.15, 0.2) is 0 Å². The molecular weight excluding hydrogens is 280 g/mol. The molecule has 3 nitrogen and oxygen atoms in total. The molecule has 1 fully saturated rings. The molecule has 2 atom stereocenters. The smallest absolute Gasteiger partial charge is 0.229 e. The molecular formula is C13H17BrN2O. The van der Waals surface area contributed by atoms with Crippen LogP contribution in [0.4, 0.5) is 5.69 Å². The maximum absolute atomic E-state index is 12.1. The Bertz CT molecular complexity index is 433. The number of nitrogens with one attached hydrogen (secondary N) is 2. The van der Waals surface area contributed by atoms with Crippen LogP contribution in [0.2, 0.25) is 0 Å². The second-order valence-corrected chi connectivity index (χ2v) is 5.45. The molecule has 2 rings (SSSR count). The van der Waals surface area contributed by atoms with Crippen LogP contribution in [-0.4, -0.2) is 18.5 Å². The molecule has 1 aliphatic heterocycles. The monoisotopic (exact) mass is 296 g/mol. The molecule has 1 aromatic carbocycles. The van der Waals surface area contributed by atoms with Crippen LogP contribution in [0.3, 0.4) is 0 Å². The van der Waals surface area contributed by atoms with Crippen LogP contribution in [0.5, 0.6) is 0 Å². The second-order valence-electron chi connectivity index (χ2n) is 4.59. The van der Waals surface area contributed by atoms with Crippen LogP contribution in [0, 0.1) is 12.8 Å². The standard InChI is InChI=1S/C13H17BrN2O/c1-8-3-4-10(7-12(8)14)16-13(17)11-5-6-15-9(11)2/h3-4,7,9,11,15H,5-6H2,1-2H3,(H,16,17). The van der Waals surface area contributed by atoms with Crippen molar-refractivity contribution in [2.24, 2.45) is 5.92 Å². The van der Waals surface area contributed by atoms with Gasteiger partial charge < -0.3 is 10.6 Å². The van der Waals surface area contributed by atoms with Crippen LogP contribution in [0.15, 0.2) is 22.7 Å². The van der Waals surface area contributed by atoms with Gasteiger partial charge in [0.05, 0.1) is 5.92 Å². The Kier molecular flexibility index (Phi) is 3.84. The third-order valence-corrected chi connectivity index (χ3v) is 4.16. The summed E-state index contributed by atoms with van der Waals surface area (Å²) in [6.07, 6.45) is 0.917. The van der Waals surface area contributed by atoms with Gasteiger partial charge in [-0.05, 0) is 44.5 Å². The van der Waals surface area contributed by atoms with Crippen molar-refractivity contribution in [1.29, 1.82) is 0 Å². The van der Waals surface area contributed by atoms with E-state index in [4.69, 9.17) is 0 Å². The van der Waals surface area contributed by atoms with Crippen molar-refractivity contribution in [3.63, 3.8) is 0 Å². The van der Waals surface area contributed by atoms with Gasteiger partial charge in [0.2, 0.25) is 5.91 Å². The number of carbonyl (C=O) groups is 1. The summed E-state index contributed by atoms with van der Waals surface area (Å²) in [5.41, 5.74) is 2.02. The molecule has 4 heteroatoms. The number of aryl methyl sites for hydroxylation is 1. The highest BCUT2D eigenvalue weighted by molar-refractivity contribution is 9.10. The van der Waals surface area contributed by atoms with E-state index in [1.807, 2.05) is 25.1 Å². The first-order valence-corrected chi connectivity index (χ1v) is 6.67. The van der Waals surface area contributed by atoms with Crippen LogP contribution in [0.1, 0.15) is 18.9 Å². The molecule has 2 N–H and O–H groups in total. The predicted octanol–water partition coefficient (Wildman–Crippen LogP) is 2.69. The molecule has 17 heavy (non-hydrogen) atoms. The highest BCUT2D eigenvalue weighted by Crippen LogP contribution is 2.22. The Morgan fingerprint density at radius 3 is 2.88 bits per heavy atom. The molecule has 0 radical (unpaired) electrons. The lowest BCUT2D eigenvalue weighted by atomic mass is 10.0. The summed E-state index contributed by atoms with van der Waals surface area (Å²) in [5.74, 6) is 0.188. The van der Waals surface area contributed by atoms with Gasteiger partial charge in [0.1, 0.15) is 0 Å². The number of hydrogen-bond donors (Lipinski definition) is 2. The van der Waals surface area contributed by atoms with Gasteiger partial charge in [0.25, 0.3) is 0 Å². The Morgan fingerprint density at radius 1 is 1.53 bits per heavy atom. The van der Waals surface area contributed by atoms with Crippen molar-refractivity contribution in [1.82, 2.24) is 5.32 Å². The van der Waals surface area contributed by atoms with E-state index in [9.17, 15) is 4.79 Å². The van der Waals surface area contributed by atoms with Crippen LogP contribution in [0.25, 0.3) is 0 Å². The van der Waals surface area contributed by atoms with Crippen molar-refractivity contribution < 1.29 is 4.79 Å². The van der Waals surface area contributed by atoms with E-state index in [0.717, 1.165) is 23.1 Å². The Hall–Kier alpha value is -0.870. The minimum absolute atomic E-state index is 0.0788. The van der Waals surface area contributed by atoms with E-state index in [1.165, 1.54) is 5.56 Å². The zero-order valence-corrected chi connectivity index (χ0v) is 11.7. The van der Waals surface area contributed by atoms with Gasteiger partial charge in [-0.1, -0.05) is 22.0 Å². The molecule has 0 spiro atoms. The minimum Gasteiger partial charge on any atom is -0.326 e. The molecule has 1 aromatic rings. The van der Waals surface area contributed by atoms with Crippen LogP contribution in [-0.2, 0) is 4.79 Å². The van der Waals surface area contributed by atoms with Gasteiger partial charge in [-0.2, -0.15) is 0 Å². The summed E-state index contributed by atoms with van der Waals surface area (Å²) < 4.78 is 1.02. The largest absolute Gasteiger partial charge is 0.326 e. The van der Waals surface area contributed by atoms with Gasteiger partial charge in [-0.3, -0.25) is 4.79 Å². The molecule has 0 bridgehead atoms. The van der Waals surface area contributed by atoms with E-state index in [1.54, 1.807) is 0 Å². The maximum Gasteiger partial charge on any atom is 0.229 e. The number of benzene rings is 1. The molecule has 1 amide bonds. The fraction of sp³-hybridized carbons (Fsp3) is 0.462. The number of halogens is 1. The maximum atomic E-state index is 12.1. The van der Waals surface area contributed by atoms with Gasteiger partial charge in [-0.15, -0.1) is 0 Å². The minimum atomic E-state index is 0.0788. The second kappa shape index (κ2) is 5.19. The summed E-state index contributed by atoms with van der Waals surface area (Å²) in [7, 11) is 0. The lowest BCUT2D eigenvalue weighted by Crippen LogP contribution is -2.32. The first kappa shape index (κ1) is 12.6. The van der Waals surface area contributed by atoms with E-state index < -0.39 is 0 Å².